The Balaban J connectivity index is 1.61. The fourth-order valence-electron chi connectivity index (χ4n) is 2.53. The van der Waals surface area contributed by atoms with E-state index in [9.17, 15) is 9.59 Å². The third kappa shape index (κ3) is 6.20. The van der Waals surface area contributed by atoms with Crippen LogP contribution >= 0.6 is 11.6 Å². The number of rotatable bonds is 6. The number of likely N-dealkylation sites (N-methyl/N-ethyl adjacent to an activating group) is 1. The number of aryl methyl sites for hydroxylation is 1. The van der Waals surface area contributed by atoms with Crippen LogP contribution in [0.25, 0.3) is 0 Å². The third-order valence-electron chi connectivity index (χ3n) is 4.08. The highest BCUT2D eigenvalue weighted by molar-refractivity contribution is 6.30. The lowest BCUT2D eigenvalue weighted by Gasteiger charge is -2.32. The Morgan fingerprint density at radius 1 is 1.13 bits per heavy atom. The van der Waals surface area contributed by atoms with Gasteiger partial charge in [0.15, 0.2) is 0 Å². The van der Waals surface area contributed by atoms with Crippen molar-refractivity contribution in [2.24, 2.45) is 0 Å². The first-order valence-corrected chi connectivity index (χ1v) is 8.40. The number of nitrogens with one attached hydrogen (secondary N) is 1. The molecule has 0 bridgehead atoms. The number of carbonyl (C=O) groups excluding carboxylic acids is 2. The van der Waals surface area contributed by atoms with Crippen LogP contribution in [0.1, 0.15) is 18.4 Å². The highest BCUT2D eigenvalue weighted by Gasteiger charge is 2.19. The van der Waals surface area contributed by atoms with E-state index >= 15 is 0 Å². The number of benzene rings is 1. The molecule has 0 unspecified atom stereocenters. The van der Waals surface area contributed by atoms with Gasteiger partial charge in [-0.25, -0.2) is 0 Å². The molecule has 1 aromatic rings. The minimum absolute atomic E-state index is 0.00384. The second kappa shape index (κ2) is 8.89. The van der Waals surface area contributed by atoms with E-state index in [0.717, 1.165) is 44.6 Å². The maximum absolute atomic E-state index is 12.0. The van der Waals surface area contributed by atoms with Gasteiger partial charge < -0.3 is 15.1 Å². The predicted octanol–water partition coefficient (Wildman–Crippen LogP) is 1.55. The van der Waals surface area contributed by atoms with Crippen molar-refractivity contribution >= 4 is 23.4 Å². The van der Waals surface area contributed by atoms with Gasteiger partial charge in [0.25, 0.3) is 0 Å². The Bertz CT molecular complexity index is 525. The summed E-state index contributed by atoms with van der Waals surface area (Å²) in [6.45, 7) is 3.36. The van der Waals surface area contributed by atoms with Gasteiger partial charge in [0.1, 0.15) is 0 Å². The smallest absolute Gasteiger partial charge is 0.242 e. The lowest BCUT2D eigenvalue weighted by molar-refractivity contribution is -0.134. The van der Waals surface area contributed by atoms with Crippen molar-refractivity contribution in [2.45, 2.75) is 19.3 Å². The van der Waals surface area contributed by atoms with Gasteiger partial charge in [-0.3, -0.25) is 9.59 Å². The normalized spacial score (nSPS) is 15.5. The standard InChI is InChI=1S/C17H24ClN3O2/c1-20-9-11-21(12-10-20)17(23)13-19-16(22)4-2-3-14-5-7-15(18)8-6-14/h5-8H,2-4,9-13H2,1H3,(H,19,22). The van der Waals surface area contributed by atoms with E-state index in [4.69, 9.17) is 11.6 Å². The fraction of sp³-hybridized carbons (Fsp3) is 0.529. The molecule has 1 fully saturated rings. The van der Waals surface area contributed by atoms with E-state index in [0.29, 0.717) is 11.4 Å². The van der Waals surface area contributed by atoms with Crippen LogP contribution in [0.4, 0.5) is 0 Å². The summed E-state index contributed by atoms with van der Waals surface area (Å²) >= 11 is 5.84. The zero-order valence-electron chi connectivity index (χ0n) is 13.6. The van der Waals surface area contributed by atoms with Crippen LogP contribution in [-0.2, 0) is 16.0 Å². The number of nitrogens with zero attached hydrogens (tertiary/aromatic N) is 2. The van der Waals surface area contributed by atoms with E-state index < -0.39 is 0 Å². The van der Waals surface area contributed by atoms with Gasteiger partial charge in [-0.15, -0.1) is 0 Å². The number of piperazine rings is 1. The quantitative estimate of drug-likeness (QED) is 0.857. The van der Waals surface area contributed by atoms with E-state index in [1.165, 1.54) is 0 Å². The Labute approximate surface area is 142 Å². The van der Waals surface area contributed by atoms with Crippen LogP contribution < -0.4 is 5.32 Å². The fourth-order valence-corrected chi connectivity index (χ4v) is 2.66. The first kappa shape index (κ1) is 17.8. The number of hydrogen-bond donors (Lipinski definition) is 1. The lowest BCUT2D eigenvalue weighted by atomic mass is 10.1. The van der Waals surface area contributed by atoms with Crippen molar-refractivity contribution in [2.75, 3.05) is 39.8 Å². The van der Waals surface area contributed by atoms with E-state index in [1.807, 2.05) is 36.2 Å². The summed E-state index contributed by atoms with van der Waals surface area (Å²) in [5.74, 6) is -0.0643. The average Bonchev–Trinajstić information content (AvgIpc) is 2.55. The van der Waals surface area contributed by atoms with Gasteiger partial charge in [-0.1, -0.05) is 23.7 Å². The molecular formula is C17H24ClN3O2. The second-order valence-electron chi connectivity index (χ2n) is 5.94. The van der Waals surface area contributed by atoms with E-state index in [1.54, 1.807) is 0 Å². The number of halogens is 1. The highest BCUT2D eigenvalue weighted by Crippen LogP contribution is 2.11. The first-order chi connectivity index (χ1) is 11.0. The summed E-state index contributed by atoms with van der Waals surface area (Å²) < 4.78 is 0. The van der Waals surface area contributed by atoms with Crippen molar-refractivity contribution in [1.82, 2.24) is 15.1 Å². The van der Waals surface area contributed by atoms with Crippen LogP contribution in [0.3, 0.4) is 0 Å². The van der Waals surface area contributed by atoms with Crippen LogP contribution in [-0.4, -0.2) is 61.4 Å². The SMILES string of the molecule is CN1CCN(C(=O)CNC(=O)CCCc2ccc(Cl)cc2)CC1. The minimum Gasteiger partial charge on any atom is -0.347 e. The monoisotopic (exact) mass is 337 g/mol. The van der Waals surface area contributed by atoms with Gasteiger partial charge in [0.05, 0.1) is 6.54 Å². The van der Waals surface area contributed by atoms with Crippen LogP contribution in [0, 0.1) is 0 Å². The first-order valence-electron chi connectivity index (χ1n) is 8.02. The summed E-state index contributed by atoms with van der Waals surface area (Å²) in [5.41, 5.74) is 1.16. The molecule has 0 atom stereocenters. The highest BCUT2D eigenvalue weighted by atomic mass is 35.5. The zero-order valence-corrected chi connectivity index (χ0v) is 14.3. The Kier molecular flexibility index (Phi) is 6.86. The largest absolute Gasteiger partial charge is 0.347 e. The van der Waals surface area contributed by atoms with Gasteiger partial charge in [0, 0.05) is 37.6 Å². The lowest BCUT2D eigenvalue weighted by Crippen LogP contribution is -2.50. The van der Waals surface area contributed by atoms with E-state index in [2.05, 4.69) is 10.2 Å². The summed E-state index contributed by atoms with van der Waals surface area (Å²) in [4.78, 5) is 27.8. The van der Waals surface area contributed by atoms with E-state index in [-0.39, 0.29) is 18.4 Å². The molecule has 6 heteroatoms. The molecule has 0 aliphatic carbocycles. The number of carbonyl (C=O) groups is 2. The molecule has 23 heavy (non-hydrogen) atoms. The molecular weight excluding hydrogens is 314 g/mol. The summed E-state index contributed by atoms with van der Waals surface area (Å²) in [6, 6.07) is 7.64. The number of hydrogen-bond acceptors (Lipinski definition) is 3. The van der Waals surface area contributed by atoms with Gasteiger partial charge in [-0.05, 0) is 37.6 Å². The molecule has 2 amide bonds. The molecule has 1 saturated heterocycles. The van der Waals surface area contributed by atoms with Crippen LogP contribution in [0.5, 0.6) is 0 Å². The van der Waals surface area contributed by atoms with Crippen molar-refractivity contribution in [3.05, 3.63) is 34.9 Å². The Hall–Kier alpha value is -1.59. The topological polar surface area (TPSA) is 52.6 Å². The molecule has 1 N–H and O–H groups in total. The summed E-state index contributed by atoms with van der Waals surface area (Å²) in [5, 5.41) is 3.44. The molecule has 1 aliphatic heterocycles. The maximum atomic E-state index is 12.0. The summed E-state index contributed by atoms with van der Waals surface area (Å²) in [7, 11) is 2.05. The summed E-state index contributed by atoms with van der Waals surface area (Å²) in [6.07, 6.45) is 2.02. The van der Waals surface area contributed by atoms with Crippen molar-refractivity contribution in [3.63, 3.8) is 0 Å². The van der Waals surface area contributed by atoms with Gasteiger partial charge >= 0.3 is 0 Å². The second-order valence-corrected chi connectivity index (χ2v) is 6.38. The third-order valence-corrected chi connectivity index (χ3v) is 4.33. The molecule has 1 aliphatic rings. The zero-order chi connectivity index (χ0) is 16.7. The molecule has 1 aromatic carbocycles. The predicted molar refractivity (Wildman–Crippen MR) is 91.5 cm³/mol. The van der Waals surface area contributed by atoms with Crippen LogP contribution in [0.2, 0.25) is 5.02 Å². The molecule has 1 heterocycles. The Morgan fingerprint density at radius 2 is 1.78 bits per heavy atom. The number of amides is 2. The van der Waals surface area contributed by atoms with Crippen molar-refractivity contribution in [1.29, 1.82) is 0 Å². The van der Waals surface area contributed by atoms with Gasteiger partial charge in [0.2, 0.25) is 11.8 Å². The molecule has 0 aromatic heterocycles. The maximum Gasteiger partial charge on any atom is 0.242 e. The molecule has 126 valence electrons. The van der Waals surface area contributed by atoms with Gasteiger partial charge in [-0.2, -0.15) is 0 Å². The van der Waals surface area contributed by atoms with Crippen molar-refractivity contribution < 1.29 is 9.59 Å². The molecule has 5 nitrogen and oxygen atoms in total. The molecule has 0 radical (unpaired) electrons. The average molecular weight is 338 g/mol. The molecule has 0 spiro atoms. The minimum atomic E-state index is -0.0681. The molecule has 2 rings (SSSR count). The van der Waals surface area contributed by atoms with Crippen molar-refractivity contribution in [3.8, 4) is 0 Å². The Morgan fingerprint density at radius 3 is 2.43 bits per heavy atom. The molecule has 0 saturated carbocycles. The van der Waals surface area contributed by atoms with Crippen LogP contribution in [0.15, 0.2) is 24.3 Å².